The maximum absolute atomic E-state index is 13.7. The van der Waals surface area contributed by atoms with Gasteiger partial charge in [-0.2, -0.15) is 0 Å². The van der Waals surface area contributed by atoms with Crippen molar-refractivity contribution in [2.45, 2.75) is 45.7 Å². The number of nitrogens with zero attached hydrogens (tertiary/aromatic N) is 2. The lowest BCUT2D eigenvalue weighted by Gasteiger charge is -2.21. The van der Waals surface area contributed by atoms with E-state index < -0.39 is 11.8 Å². The van der Waals surface area contributed by atoms with E-state index in [2.05, 4.69) is 27.2 Å². The molecule has 0 aliphatic carbocycles. The van der Waals surface area contributed by atoms with Crippen LogP contribution in [0.25, 0.3) is 0 Å². The first-order chi connectivity index (χ1) is 13.8. The normalized spacial score (nSPS) is 17.1. The van der Waals surface area contributed by atoms with E-state index in [1.54, 1.807) is 12.3 Å². The number of likely N-dealkylation sites (N-methyl/N-ethyl adjacent to an activating group) is 1. The van der Waals surface area contributed by atoms with Gasteiger partial charge in [-0.3, -0.25) is 4.99 Å². The molecule has 0 spiro atoms. The number of aryl methyl sites for hydroxylation is 1. The maximum Gasteiger partial charge on any atom is 0.253 e. The summed E-state index contributed by atoms with van der Waals surface area (Å²) in [7, 11) is 1.89. The Bertz CT molecular complexity index is 800. The van der Waals surface area contributed by atoms with Gasteiger partial charge in [0.1, 0.15) is 0 Å². The summed E-state index contributed by atoms with van der Waals surface area (Å²) in [5, 5.41) is 6.37. The third kappa shape index (κ3) is 6.22. The molecule has 7 heteroatoms. The van der Waals surface area contributed by atoms with Gasteiger partial charge >= 0.3 is 0 Å². The van der Waals surface area contributed by atoms with Crippen LogP contribution in [-0.4, -0.2) is 36.8 Å². The number of allylic oxidation sites excluding steroid dienone is 1. The van der Waals surface area contributed by atoms with Gasteiger partial charge < -0.3 is 15.4 Å². The third-order valence-electron chi connectivity index (χ3n) is 4.80. The number of pyridine rings is 1. The van der Waals surface area contributed by atoms with Gasteiger partial charge in [0, 0.05) is 41.6 Å². The van der Waals surface area contributed by atoms with Crippen LogP contribution in [0.5, 0.6) is 5.88 Å². The van der Waals surface area contributed by atoms with Crippen LogP contribution in [0.2, 0.25) is 0 Å². The van der Waals surface area contributed by atoms with Crippen LogP contribution in [0.4, 0.5) is 8.78 Å². The molecule has 1 aromatic heterocycles. The van der Waals surface area contributed by atoms with Crippen LogP contribution in [-0.2, 0) is 6.54 Å². The zero-order valence-electron chi connectivity index (χ0n) is 17.5. The van der Waals surface area contributed by atoms with E-state index in [9.17, 15) is 8.78 Å². The second kappa shape index (κ2) is 10.3. The number of aromatic nitrogens is 1. The van der Waals surface area contributed by atoms with Crippen molar-refractivity contribution in [1.82, 2.24) is 15.6 Å². The highest BCUT2D eigenvalue weighted by atomic mass is 19.3. The summed E-state index contributed by atoms with van der Waals surface area (Å²) in [5.41, 5.74) is 3.62. The fraction of sp³-hybridized carbons (Fsp3) is 0.455. The van der Waals surface area contributed by atoms with Crippen LogP contribution in [0.1, 0.15) is 31.4 Å². The Balaban J connectivity index is 1.97. The molecule has 0 aromatic carbocycles. The van der Waals surface area contributed by atoms with Crippen molar-refractivity contribution in [3.8, 4) is 5.88 Å². The summed E-state index contributed by atoms with van der Waals surface area (Å²) in [4.78, 5) is 8.79. The monoisotopic (exact) mass is 404 g/mol. The van der Waals surface area contributed by atoms with Gasteiger partial charge in [-0.25, -0.2) is 13.8 Å². The van der Waals surface area contributed by atoms with Crippen LogP contribution < -0.4 is 15.4 Å². The average Bonchev–Trinajstić information content (AvgIpc) is 2.69. The highest BCUT2D eigenvalue weighted by Gasteiger charge is 2.32. The number of hydrogen-bond acceptors (Lipinski definition) is 5. The highest BCUT2D eigenvalue weighted by Crippen LogP contribution is 2.28. The molecule has 0 bridgehead atoms. The first-order valence-corrected chi connectivity index (χ1v) is 9.71. The molecule has 158 valence electrons. The number of dihydropyridines is 1. The number of alkyl halides is 2. The van der Waals surface area contributed by atoms with Gasteiger partial charge in [0.2, 0.25) is 5.88 Å². The van der Waals surface area contributed by atoms with Gasteiger partial charge in [0.25, 0.3) is 5.92 Å². The lowest BCUT2D eigenvalue weighted by atomic mass is 10.0. The fourth-order valence-corrected chi connectivity index (χ4v) is 2.85. The number of halogens is 2. The topological polar surface area (TPSA) is 58.5 Å². The summed E-state index contributed by atoms with van der Waals surface area (Å²) in [5.74, 6) is -3.07. The van der Waals surface area contributed by atoms with E-state index in [0.717, 1.165) is 22.4 Å². The van der Waals surface area contributed by atoms with E-state index in [0.29, 0.717) is 12.4 Å². The molecule has 0 saturated heterocycles. The van der Waals surface area contributed by atoms with E-state index in [4.69, 9.17) is 4.74 Å². The van der Waals surface area contributed by atoms with Crippen molar-refractivity contribution >= 4 is 6.21 Å². The Morgan fingerprint density at radius 3 is 2.83 bits per heavy atom. The van der Waals surface area contributed by atoms with Crippen molar-refractivity contribution in [1.29, 1.82) is 0 Å². The van der Waals surface area contributed by atoms with Crippen molar-refractivity contribution < 1.29 is 13.5 Å². The maximum atomic E-state index is 13.7. The predicted molar refractivity (Wildman–Crippen MR) is 113 cm³/mol. The molecule has 2 N–H and O–H groups in total. The van der Waals surface area contributed by atoms with E-state index in [1.807, 2.05) is 38.5 Å². The Morgan fingerprint density at radius 1 is 1.45 bits per heavy atom. The molecular weight excluding hydrogens is 374 g/mol. The second-order valence-electron chi connectivity index (χ2n) is 7.29. The molecule has 1 aliphatic rings. The van der Waals surface area contributed by atoms with E-state index in [-0.39, 0.29) is 19.1 Å². The number of nitrogens with one attached hydrogen (secondary N) is 2. The zero-order chi connectivity index (χ0) is 21.4. The van der Waals surface area contributed by atoms with Gasteiger partial charge in [-0.1, -0.05) is 20.4 Å². The standard InChI is InChI=1S/C22H30F2N4O/c1-6-19-18(20(25-5)7-9-27-19)14-26-12-17-11-16(4)21(28-13-17)29-10-8-22(23,24)15(2)3/h6-7,9,11,13-15,20,25,27H,1,8,10,12H2,2-5H3. The first kappa shape index (κ1) is 22.7. The molecule has 1 aliphatic heterocycles. The minimum Gasteiger partial charge on any atom is -0.477 e. The molecule has 5 nitrogen and oxygen atoms in total. The van der Waals surface area contributed by atoms with Crippen molar-refractivity contribution in [3.05, 3.63) is 59.6 Å². The molecule has 0 radical (unpaired) electrons. The van der Waals surface area contributed by atoms with Gasteiger partial charge in [-0.15, -0.1) is 0 Å². The SMILES string of the molecule is C=CC1=C(C=NCc2cnc(OCCC(F)(F)C(C)C)c(C)c2)C(NC)C=CN1. The van der Waals surface area contributed by atoms with Gasteiger partial charge in [0.05, 0.1) is 19.2 Å². The van der Waals surface area contributed by atoms with Crippen LogP contribution in [0.3, 0.4) is 0 Å². The summed E-state index contributed by atoms with van der Waals surface area (Å²) in [6, 6.07) is 1.98. The smallest absolute Gasteiger partial charge is 0.253 e. The summed E-state index contributed by atoms with van der Waals surface area (Å²) >= 11 is 0. The molecule has 1 atom stereocenters. The van der Waals surface area contributed by atoms with Crippen LogP contribution in [0, 0.1) is 12.8 Å². The summed E-state index contributed by atoms with van der Waals surface area (Å²) < 4.78 is 32.8. The lowest BCUT2D eigenvalue weighted by molar-refractivity contribution is -0.0606. The first-order valence-electron chi connectivity index (χ1n) is 9.71. The minimum absolute atomic E-state index is 0.0626. The van der Waals surface area contributed by atoms with E-state index in [1.165, 1.54) is 13.8 Å². The zero-order valence-corrected chi connectivity index (χ0v) is 17.5. The lowest BCUT2D eigenvalue weighted by Crippen LogP contribution is -2.32. The molecule has 0 saturated carbocycles. The van der Waals surface area contributed by atoms with Crippen molar-refractivity contribution in [3.63, 3.8) is 0 Å². The van der Waals surface area contributed by atoms with Crippen LogP contribution in [0.15, 0.2) is 53.5 Å². The molecule has 29 heavy (non-hydrogen) atoms. The Morgan fingerprint density at radius 2 is 2.21 bits per heavy atom. The van der Waals surface area contributed by atoms with Gasteiger partial charge in [-0.05, 0) is 44.0 Å². The third-order valence-corrected chi connectivity index (χ3v) is 4.80. The summed E-state index contributed by atoms with van der Waals surface area (Å²) in [6.45, 7) is 9.07. The van der Waals surface area contributed by atoms with Crippen molar-refractivity contribution in [2.24, 2.45) is 10.9 Å². The average molecular weight is 405 g/mol. The van der Waals surface area contributed by atoms with Gasteiger partial charge in [0.15, 0.2) is 0 Å². The number of rotatable bonds is 10. The predicted octanol–water partition coefficient (Wildman–Crippen LogP) is 4.17. The van der Waals surface area contributed by atoms with Crippen molar-refractivity contribution in [2.75, 3.05) is 13.7 Å². The number of ether oxygens (including phenoxy) is 1. The highest BCUT2D eigenvalue weighted by molar-refractivity contribution is 5.83. The summed E-state index contributed by atoms with van der Waals surface area (Å²) in [6.07, 6.45) is 8.80. The molecular formula is C22H30F2N4O. The molecule has 2 heterocycles. The molecule has 0 fully saturated rings. The Labute approximate surface area is 171 Å². The molecule has 2 rings (SSSR count). The molecule has 0 amide bonds. The minimum atomic E-state index is -2.74. The fourth-order valence-electron chi connectivity index (χ4n) is 2.85. The number of aliphatic imine (C=N–C) groups is 1. The number of hydrogen-bond donors (Lipinski definition) is 2. The van der Waals surface area contributed by atoms with Crippen LogP contribution >= 0.6 is 0 Å². The Kier molecular flexibility index (Phi) is 8.08. The largest absolute Gasteiger partial charge is 0.477 e. The Hall–Kier alpha value is -2.54. The molecule has 1 aromatic rings. The second-order valence-corrected chi connectivity index (χ2v) is 7.29. The quantitative estimate of drug-likeness (QED) is 0.575. The molecule has 1 unspecified atom stereocenters. The van der Waals surface area contributed by atoms with E-state index >= 15 is 0 Å².